The summed E-state index contributed by atoms with van der Waals surface area (Å²) in [6, 6.07) is 9.98. The van der Waals surface area contributed by atoms with E-state index in [0.29, 0.717) is 23.8 Å². The van der Waals surface area contributed by atoms with Gasteiger partial charge in [-0.2, -0.15) is 0 Å². The third-order valence-corrected chi connectivity index (χ3v) is 6.71. The van der Waals surface area contributed by atoms with Gasteiger partial charge in [-0.3, -0.25) is 19.6 Å². The Kier molecular flexibility index (Phi) is 4.93. The number of benzene rings is 1. The van der Waals surface area contributed by atoms with Gasteiger partial charge in [0.2, 0.25) is 0 Å². The average Bonchev–Trinajstić information content (AvgIpc) is 3.41. The molecule has 0 aliphatic carbocycles. The molecule has 7 heteroatoms. The number of H-pyrrole nitrogens is 1. The number of rotatable bonds is 3. The van der Waals surface area contributed by atoms with E-state index in [1.165, 1.54) is 0 Å². The second kappa shape index (κ2) is 7.64. The standard InChI is InChI=1S/C24H29N5O2/c1-15(2)27-12-10-19-18(14-27)24(31)29-22(25-19)13-20(26-29)21-5-4-11-28(21)23(30)17-8-6-16(3)7-9-17/h6-9,13,15,21,26H,4-5,10-12,14H2,1-3H3. The van der Waals surface area contributed by atoms with E-state index in [1.807, 2.05) is 42.2 Å². The van der Waals surface area contributed by atoms with Crippen molar-refractivity contribution in [3.8, 4) is 0 Å². The second-order valence-electron chi connectivity index (χ2n) is 9.08. The number of aromatic amines is 1. The third kappa shape index (κ3) is 3.47. The highest BCUT2D eigenvalue weighted by atomic mass is 16.2. The largest absolute Gasteiger partial charge is 0.330 e. The smallest absolute Gasteiger partial charge is 0.277 e. The normalized spacial score (nSPS) is 19.4. The highest BCUT2D eigenvalue weighted by Crippen LogP contribution is 2.33. The summed E-state index contributed by atoms with van der Waals surface area (Å²) in [5.41, 5.74) is 5.03. The van der Waals surface area contributed by atoms with Gasteiger partial charge in [-0.05, 0) is 45.7 Å². The molecule has 7 nitrogen and oxygen atoms in total. The summed E-state index contributed by atoms with van der Waals surface area (Å²) < 4.78 is 1.56. The van der Waals surface area contributed by atoms with Crippen molar-refractivity contribution >= 4 is 11.6 Å². The number of aryl methyl sites for hydroxylation is 1. The number of amides is 1. The first-order valence-electron chi connectivity index (χ1n) is 11.2. The maximum atomic E-state index is 13.2. The first-order chi connectivity index (χ1) is 14.9. The van der Waals surface area contributed by atoms with Gasteiger partial charge in [0.15, 0.2) is 5.65 Å². The third-order valence-electron chi connectivity index (χ3n) is 6.71. The van der Waals surface area contributed by atoms with Gasteiger partial charge in [0.25, 0.3) is 11.5 Å². The van der Waals surface area contributed by atoms with Gasteiger partial charge in [0.05, 0.1) is 23.0 Å². The van der Waals surface area contributed by atoms with Crippen LogP contribution in [0.3, 0.4) is 0 Å². The van der Waals surface area contributed by atoms with Gasteiger partial charge in [-0.1, -0.05) is 17.7 Å². The molecular weight excluding hydrogens is 390 g/mol. The molecule has 1 aromatic carbocycles. The number of fused-ring (bicyclic) bond motifs is 2. The molecule has 162 valence electrons. The lowest BCUT2D eigenvalue weighted by molar-refractivity contribution is 0.0732. The molecule has 0 bridgehead atoms. The molecule has 2 aliphatic rings. The van der Waals surface area contributed by atoms with Crippen LogP contribution >= 0.6 is 0 Å². The molecule has 1 atom stereocenters. The second-order valence-corrected chi connectivity index (χ2v) is 9.08. The minimum absolute atomic E-state index is 0.0222. The van der Waals surface area contributed by atoms with Gasteiger partial charge in [-0.25, -0.2) is 9.50 Å². The summed E-state index contributed by atoms with van der Waals surface area (Å²) in [6.45, 7) is 8.60. The summed E-state index contributed by atoms with van der Waals surface area (Å²) in [6.07, 6.45) is 2.61. The molecule has 0 radical (unpaired) electrons. The van der Waals surface area contributed by atoms with Crippen LogP contribution in [0, 0.1) is 6.92 Å². The van der Waals surface area contributed by atoms with E-state index in [1.54, 1.807) is 4.52 Å². The molecule has 5 rings (SSSR count). The number of likely N-dealkylation sites (tertiary alicyclic amines) is 1. The van der Waals surface area contributed by atoms with E-state index >= 15 is 0 Å². The van der Waals surface area contributed by atoms with Crippen LogP contribution in [0.5, 0.6) is 0 Å². The molecule has 1 amide bonds. The van der Waals surface area contributed by atoms with Crippen molar-refractivity contribution in [3.05, 3.63) is 68.8 Å². The lowest BCUT2D eigenvalue weighted by Crippen LogP contribution is -2.40. The van der Waals surface area contributed by atoms with Crippen molar-refractivity contribution in [1.82, 2.24) is 24.4 Å². The Morgan fingerprint density at radius 3 is 2.71 bits per heavy atom. The minimum Gasteiger partial charge on any atom is -0.330 e. The molecule has 0 spiro atoms. The van der Waals surface area contributed by atoms with Crippen molar-refractivity contribution in [1.29, 1.82) is 0 Å². The molecule has 3 aromatic rings. The monoisotopic (exact) mass is 419 g/mol. The van der Waals surface area contributed by atoms with Crippen LogP contribution in [-0.4, -0.2) is 49.4 Å². The number of nitrogens with one attached hydrogen (secondary N) is 1. The number of hydrogen-bond donors (Lipinski definition) is 1. The first kappa shape index (κ1) is 20.0. The van der Waals surface area contributed by atoms with E-state index in [9.17, 15) is 9.59 Å². The van der Waals surface area contributed by atoms with Crippen LogP contribution in [0.15, 0.2) is 35.1 Å². The number of hydrogen-bond acceptors (Lipinski definition) is 4. The maximum absolute atomic E-state index is 13.2. The summed E-state index contributed by atoms with van der Waals surface area (Å²) in [5, 5.41) is 3.27. The summed E-state index contributed by atoms with van der Waals surface area (Å²) in [4.78, 5) is 35.4. The zero-order valence-corrected chi connectivity index (χ0v) is 18.4. The van der Waals surface area contributed by atoms with Crippen LogP contribution in [0.25, 0.3) is 5.65 Å². The van der Waals surface area contributed by atoms with Crippen LogP contribution in [0.1, 0.15) is 65.6 Å². The SMILES string of the molecule is Cc1ccc(C(=O)N2CCCC2c2cc3nc4c(c(=O)n3[nH]2)CN(C(C)C)CC4)cc1. The number of carbonyl (C=O) groups is 1. The number of carbonyl (C=O) groups excluding carboxylic acids is 1. The van der Waals surface area contributed by atoms with Crippen molar-refractivity contribution < 1.29 is 4.79 Å². The lowest BCUT2D eigenvalue weighted by atomic mass is 10.1. The molecule has 1 saturated heterocycles. The molecule has 1 fully saturated rings. The fraction of sp³-hybridized carbons (Fsp3) is 0.458. The fourth-order valence-electron chi connectivity index (χ4n) is 4.83. The van der Waals surface area contributed by atoms with E-state index in [-0.39, 0.29) is 17.5 Å². The molecule has 31 heavy (non-hydrogen) atoms. The first-order valence-corrected chi connectivity index (χ1v) is 11.2. The van der Waals surface area contributed by atoms with E-state index in [2.05, 4.69) is 23.8 Å². The Morgan fingerprint density at radius 2 is 1.97 bits per heavy atom. The van der Waals surface area contributed by atoms with Gasteiger partial charge in [-0.15, -0.1) is 0 Å². The van der Waals surface area contributed by atoms with Gasteiger partial charge < -0.3 is 4.90 Å². The zero-order chi connectivity index (χ0) is 21.7. The molecule has 0 saturated carbocycles. The molecule has 1 unspecified atom stereocenters. The summed E-state index contributed by atoms with van der Waals surface area (Å²) in [5.74, 6) is 0.0355. The van der Waals surface area contributed by atoms with Crippen molar-refractivity contribution in [3.63, 3.8) is 0 Å². The Labute approximate surface area is 181 Å². The average molecular weight is 420 g/mol. The highest BCUT2D eigenvalue weighted by molar-refractivity contribution is 5.94. The van der Waals surface area contributed by atoms with E-state index in [0.717, 1.165) is 54.9 Å². The number of aromatic nitrogens is 3. The fourth-order valence-corrected chi connectivity index (χ4v) is 4.83. The van der Waals surface area contributed by atoms with Crippen LogP contribution < -0.4 is 5.56 Å². The minimum atomic E-state index is -0.0703. The Morgan fingerprint density at radius 1 is 1.19 bits per heavy atom. The molecule has 4 heterocycles. The van der Waals surface area contributed by atoms with Crippen LogP contribution in [0.4, 0.5) is 0 Å². The predicted molar refractivity (Wildman–Crippen MR) is 119 cm³/mol. The predicted octanol–water partition coefficient (Wildman–Crippen LogP) is 3.07. The molecule has 2 aromatic heterocycles. The highest BCUT2D eigenvalue weighted by Gasteiger charge is 2.32. The zero-order valence-electron chi connectivity index (χ0n) is 18.4. The number of nitrogens with zero attached hydrogens (tertiary/aromatic N) is 4. The summed E-state index contributed by atoms with van der Waals surface area (Å²) >= 11 is 0. The summed E-state index contributed by atoms with van der Waals surface area (Å²) in [7, 11) is 0. The quantitative estimate of drug-likeness (QED) is 0.708. The molecule has 2 aliphatic heterocycles. The lowest BCUT2D eigenvalue weighted by Gasteiger charge is -2.30. The Bertz CT molecular complexity index is 1190. The van der Waals surface area contributed by atoms with E-state index in [4.69, 9.17) is 4.98 Å². The van der Waals surface area contributed by atoms with Crippen LogP contribution in [0.2, 0.25) is 0 Å². The Hall–Kier alpha value is -2.93. The van der Waals surface area contributed by atoms with Crippen molar-refractivity contribution in [2.75, 3.05) is 13.1 Å². The van der Waals surface area contributed by atoms with Gasteiger partial charge in [0.1, 0.15) is 0 Å². The maximum Gasteiger partial charge on any atom is 0.277 e. The molecular formula is C24H29N5O2. The Balaban J connectivity index is 1.49. The van der Waals surface area contributed by atoms with E-state index < -0.39 is 0 Å². The molecule has 1 N–H and O–H groups in total. The van der Waals surface area contributed by atoms with Crippen molar-refractivity contribution in [2.45, 2.75) is 58.7 Å². The van der Waals surface area contributed by atoms with Crippen LogP contribution in [-0.2, 0) is 13.0 Å². The topological polar surface area (TPSA) is 73.7 Å². The van der Waals surface area contributed by atoms with Crippen molar-refractivity contribution in [2.24, 2.45) is 0 Å². The van der Waals surface area contributed by atoms with Gasteiger partial charge >= 0.3 is 0 Å². The van der Waals surface area contributed by atoms with Gasteiger partial charge in [0, 0.05) is 43.7 Å².